The second-order valence-corrected chi connectivity index (χ2v) is 4.35. The molecule has 1 aliphatic heterocycles. The van der Waals surface area contributed by atoms with Gasteiger partial charge >= 0.3 is 0 Å². The molecule has 19 heavy (non-hydrogen) atoms. The number of amides is 2. The fourth-order valence-electron chi connectivity index (χ4n) is 1.87. The van der Waals surface area contributed by atoms with Crippen LogP contribution in [0.1, 0.15) is 0 Å². The van der Waals surface area contributed by atoms with Crippen LogP contribution in [0.15, 0.2) is 24.3 Å². The lowest BCUT2D eigenvalue weighted by Crippen LogP contribution is -2.48. The van der Waals surface area contributed by atoms with E-state index in [1.165, 1.54) is 11.9 Å². The van der Waals surface area contributed by atoms with Crippen LogP contribution in [0.3, 0.4) is 0 Å². The van der Waals surface area contributed by atoms with Crippen LogP contribution in [0, 0.1) is 0 Å². The van der Waals surface area contributed by atoms with Crippen molar-refractivity contribution in [2.24, 2.45) is 0 Å². The molecule has 0 radical (unpaired) electrons. The molecule has 1 aliphatic rings. The Morgan fingerprint density at radius 2 is 2.21 bits per heavy atom. The third kappa shape index (κ3) is 2.96. The first-order valence-corrected chi connectivity index (χ1v) is 6.07. The number of nitrogens with zero attached hydrogens (tertiary/aromatic N) is 1. The first-order chi connectivity index (χ1) is 9.11. The van der Waals surface area contributed by atoms with E-state index >= 15 is 0 Å². The number of rotatable bonds is 3. The van der Waals surface area contributed by atoms with Crippen LogP contribution in [0.5, 0.6) is 5.75 Å². The number of nitrogens with one attached hydrogen (secondary N) is 2. The zero-order chi connectivity index (χ0) is 13.8. The van der Waals surface area contributed by atoms with Gasteiger partial charge in [0, 0.05) is 14.1 Å². The number of fused-ring (bicyclic) bond motifs is 1. The van der Waals surface area contributed by atoms with E-state index < -0.39 is 6.10 Å². The molecule has 0 bridgehead atoms. The molecule has 2 amide bonds. The summed E-state index contributed by atoms with van der Waals surface area (Å²) in [4.78, 5) is 24.7. The molecule has 0 aliphatic carbocycles. The predicted molar refractivity (Wildman–Crippen MR) is 71.1 cm³/mol. The van der Waals surface area contributed by atoms with Gasteiger partial charge in [-0.3, -0.25) is 9.59 Å². The lowest BCUT2D eigenvalue weighted by molar-refractivity contribution is -0.140. The second-order valence-electron chi connectivity index (χ2n) is 4.35. The summed E-state index contributed by atoms with van der Waals surface area (Å²) in [7, 11) is 3.12. The normalized spacial score (nSPS) is 16.6. The molecule has 6 heteroatoms. The summed E-state index contributed by atoms with van der Waals surface area (Å²) < 4.78 is 5.64. The molecule has 1 unspecified atom stereocenters. The fraction of sp³-hybridized carbons (Fsp3) is 0.385. The highest BCUT2D eigenvalue weighted by Crippen LogP contribution is 2.28. The summed E-state index contributed by atoms with van der Waals surface area (Å²) in [5, 5.41) is 5.62. The van der Waals surface area contributed by atoms with Gasteiger partial charge < -0.3 is 20.3 Å². The van der Waals surface area contributed by atoms with E-state index in [4.69, 9.17) is 4.74 Å². The smallest absolute Gasteiger partial charge is 0.265 e. The summed E-state index contributed by atoms with van der Waals surface area (Å²) >= 11 is 0. The van der Waals surface area contributed by atoms with E-state index in [1.54, 1.807) is 13.1 Å². The number of ether oxygens (including phenoxy) is 1. The van der Waals surface area contributed by atoms with Crippen molar-refractivity contribution in [3.8, 4) is 5.75 Å². The molecule has 1 aromatic carbocycles. The van der Waals surface area contributed by atoms with Gasteiger partial charge in [0.25, 0.3) is 5.91 Å². The Morgan fingerprint density at radius 1 is 1.47 bits per heavy atom. The minimum Gasteiger partial charge on any atom is -0.477 e. The van der Waals surface area contributed by atoms with E-state index in [1.807, 2.05) is 18.2 Å². The quantitative estimate of drug-likeness (QED) is 0.809. The van der Waals surface area contributed by atoms with Crippen LogP contribution in [0.4, 0.5) is 5.69 Å². The number of hydrogen-bond donors (Lipinski definition) is 2. The van der Waals surface area contributed by atoms with Crippen molar-refractivity contribution in [1.29, 1.82) is 0 Å². The monoisotopic (exact) mass is 263 g/mol. The zero-order valence-electron chi connectivity index (χ0n) is 11.0. The number of anilines is 1. The third-order valence-corrected chi connectivity index (χ3v) is 2.95. The minimum absolute atomic E-state index is 0.0246. The van der Waals surface area contributed by atoms with Gasteiger partial charge in [-0.15, -0.1) is 0 Å². The second kappa shape index (κ2) is 5.60. The minimum atomic E-state index is -0.607. The van der Waals surface area contributed by atoms with Crippen molar-refractivity contribution in [3.05, 3.63) is 24.3 Å². The van der Waals surface area contributed by atoms with Crippen molar-refractivity contribution in [2.45, 2.75) is 6.10 Å². The maximum absolute atomic E-state index is 12.1. The molecule has 1 heterocycles. The molecular weight excluding hydrogens is 246 g/mol. The summed E-state index contributed by atoms with van der Waals surface area (Å²) in [6.45, 7) is 0.421. The molecule has 0 aromatic heterocycles. The fourth-order valence-corrected chi connectivity index (χ4v) is 1.87. The summed E-state index contributed by atoms with van der Waals surface area (Å²) in [5.74, 6) is 0.228. The Labute approximate surface area is 111 Å². The highest BCUT2D eigenvalue weighted by Gasteiger charge is 2.28. The average molecular weight is 263 g/mol. The van der Waals surface area contributed by atoms with E-state index in [2.05, 4.69) is 10.6 Å². The number of likely N-dealkylation sites (N-methyl/N-ethyl adjacent to an activating group) is 2. The number of hydrogen-bond acceptors (Lipinski definition) is 4. The van der Waals surface area contributed by atoms with Crippen LogP contribution in [0.25, 0.3) is 0 Å². The summed E-state index contributed by atoms with van der Waals surface area (Å²) in [6, 6.07) is 7.45. The third-order valence-electron chi connectivity index (χ3n) is 2.95. The SMILES string of the molecule is CNC(=O)CN(C)C(=O)C1CNc2ccccc2O1. The van der Waals surface area contributed by atoms with Crippen LogP contribution in [0.2, 0.25) is 0 Å². The predicted octanol–water partition coefficient (Wildman–Crippen LogP) is 0.0639. The largest absolute Gasteiger partial charge is 0.477 e. The summed E-state index contributed by atoms with van der Waals surface area (Å²) in [5.41, 5.74) is 0.875. The van der Waals surface area contributed by atoms with Crippen molar-refractivity contribution >= 4 is 17.5 Å². The van der Waals surface area contributed by atoms with Gasteiger partial charge in [-0.2, -0.15) is 0 Å². The maximum Gasteiger partial charge on any atom is 0.265 e. The summed E-state index contributed by atoms with van der Waals surface area (Å²) in [6.07, 6.45) is -0.607. The molecule has 1 atom stereocenters. The van der Waals surface area contributed by atoms with Crippen molar-refractivity contribution in [1.82, 2.24) is 10.2 Å². The van der Waals surface area contributed by atoms with Crippen LogP contribution < -0.4 is 15.4 Å². The highest BCUT2D eigenvalue weighted by molar-refractivity contribution is 5.87. The van der Waals surface area contributed by atoms with Crippen LogP contribution >= 0.6 is 0 Å². The van der Waals surface area contributed by atoms with Gasteiger partial charge in [0.05, 0.1) is 18.8 Å². The van der Waals surface area contributed by atoms with Gasteiger partial charge in [0.15, 0.2) is 6.10 Å². The molecule has 6 nitrogen and oxygen atoms in total. The Balaban J connectivity index is 2.00. The van der Waals surface area contributed by atoms with E-state index in [0.29, 0.717) is 12.3 Å². The average Bonchev–Trinajstić information content (AvgIpc) is 2.45. The Morgan fingerprint density at radius 3 is 2.95 bits per heavy atom. The van der Waals surface area contributed by atoms with Crippen molar-refractivity contribution in [3.63, 3.8) is 0 Å². The maximum atomic E-state index is 12.1. The zero-order valence-corrected chi connectivity index (χ0v) is 11.0. The highest BCUT2D eigenvalue weighted by atomic mass is 16.5. The molecule has 0 fully saturated rings. The van der Waals surface area contributed by atoms with Gasteiger partial charge in [-0.25, -0.2) is 0 Å². The lowest BCUT2D eigenvalue weighted by atomic mass is 10.2. The molecule has 1 aromatic rings. The number of benzene rings is 1. The topological polar surface area (TPSA) is 70.7 Å². The van der Waals surface area contributed by atoms with Crippen molar-refractivity contribution in [2.75, 3.05) is 32.5 Å². The van der Waals surface area contributed by atoms with Gasteiger partial charge in [0.1, 0.15) is 5.75 Å². The van der Waals surface area contributed by atoms with E-state index in [0.717, 1.165) is 5.69 Å². The molecule has 2 rings (SSSR count). The Kier molecular flexibility index (Phi) is 3.89. The molecular formula is C13H17N3O3. The standard InChI is InChI=1S/C13H17N3O3/c1-14-12(17)8-16(2)13(18)11-7-15-9-5-3-4-6-10(9)19-11/h3-6,11,15H,7-8H2,1-2H3,(H,14,17). The number of para-hydroxylation sites is 2. The molecule has 0 saturated carbocycles. The first kappa shape index (κ1) is 13.2. The van der Waals surface area contributed by atoms with Gasteiger partial charge in [0.2, 0.25) is 5.91 Å². The number of carbonyl (C=O) groups excluding carboxylic acids is 2. The van der Waals surface area contributed by atoms with E-state index in [9.17, 15) is 9.59 Å². The Bertz CT molecular complexity index is 490. The lowest BCUT2D eigenvalue weighted by Gasteiger charge is -2.29. The molecule has 102 valence electrons. The molecule has 0 saturated heterocycles. The van der Waals surface area contributed by atoms with Crippen LogP contribution in [-0.4, -0.2) is 50.0 Å². The van der Waals surface area contributed by atoms with Crippen LogP contribution in [-0.2, 0) is 9.59 Å². The van der Waals surface area contributed by atoms with Gasteiger partial charge in [-0.05, 0) is 12.1 Å². The Hall–Kier alpha value is -2.24. The number of carbonyl (C=O) groups is 2. The molecule has 2 N–H and O–H groups in total. The van der Waals surface area contributed by atoms with Gasteiger partial charge in [-0.1, -0.05) is 12.1 Å². The van der Waals surface area contributed by atoms with E-state index in [-0.39, 0.29) is 18.4 Å². The molecule has 0 spiro atoms. The first-order valence-electron chi connectivity index (χ1n) is 6.07. The van der Waals surface area contributed by atoms with Crippen molar-refractivity contribution < 1.29 is 14.3 Å².